The van der Waals surface area contributed by atoms with E-state index in [-0.39, 0.29) is 11.8 Å². The normalized spacial score (nSPS) is 21.1. The van der Waals surface area contributed by atoms with Gasteiger partial charge in [-0.25, -0.2) is 13.1 Å². The van der Waals surface area contributed by atoms with Crippen LogP contribution in [-0.4, -0.2) is 46.8 Å². The first-order valence-corrected chi connectivity index (χ1v) is 7.81. The van der Waals surface area contributed by atoms with E-state index >= 15 is 0 Å². The highest BCUT2D eigenvalue weighted by Crippen LogP contribution is 2.09. The molecule has 0 aromatic carbocycles. The molecule has 1 saturated heterocycles. The van der Waals surface area contributed by atoms with Gasteiger partial charge >= 0.3 is 0 Å². The van der Waals surface area contributed by atoms with Gasteiger partial charge in [-0.1, -0.05) is 0 Å². The third-order valence-corrected chi connectivity index (χ3v) is 3.41. The molecule has 0 aliphatic carbocycles. The minimum atomic E-state index is -3.12. The van der Waals surface area contributed by atoms with E-state index in [1.165, 1.54) is 0 Å². The van der Waals surface area contributed by atoms with Gasteiger partial charge < -0.3 is 10.6 Å². The first kappa shape index (κ1) is 14.4. The Kier molecular flexibility index (Phi) is 5.87. The molecule has 3 N–H and O–H groups in total. The summed E-state index contributed by atoms with van der Waals surface area (Å²) >= 11 is 0. The Morgan fingerprint density at radius 2 is 2.18 bits per heavy atom. The highest BCUT2D eigenvalue weighted by Gasteiger charge is 2.19. The summed E-state index contributed by atoms with van der Waals surface area (Å²) in [5, 5.41) is 6.01. The Hall–Kier alpha value is -0.660. The van der Waals surface area contributed by atoms with Crippen molar-refractivity contribution in [2.45, 2.75) is 19.3 Å². The molecule has 0 aromatic rings. The molecule has 0 unspecified atom stereocenters. The van der Waals surface area contributed by atoms with E-state index in [9.17, 15) is 13.2 Å². The second kappa shape index (κ2) is 6.93. The van der Waals surface area contributed by atoms with Crippen molar-refractivity contribution in [3.8, 4) is 0 Å². The van der Waals surface area contributed by atoms with Crippen molar-refractivity contribution >= 4 is 15.9 Å². The molecular weight excluding hydrogens is 242 g/mol. The lowest BCUT2D eigenvalue weighted by atomic mass is 9.99. The van der Waals surface area contributed by atoms with Crippen molar-refractivity contribution in [1.82, 2.24) is 15.4 Å². The maximum atomic E-state index is 11.7. The topological polar surface area (TPSA) is 87.3 Å². The molecule has 1 rings (SSSR count). The van der Waals surface area contributed by atoms with Crippen LogP contribution in [0.3, 0.4) is 0 Å². The Morgan fingerprint density at radius 3 is 2.76 bits per heavy atom. The van der Waals surface area contributed by atoms with E-state index < -0.39 is 10.0 Å². The van der Waals surface area contributed by atoms with Crippen molar-refractivity contribution in [1.29, 1.82) is 0 Å². The Bertz CT molecular complexity index is 337. The second-order valence-electron chi connectivity index (χ2n) is 4.35. The minimum Gasteiger partial charge on any atom is -0.356 e. The molecule has 17 heavy (non-hydrogen) atoms. The number of carbonyl (C=O) groups is 1. The van der Waals surface area contributed by atoms with Crippen LogP contribution in [-0.2, 0) is 14.8 Å². The zero-order chi connectivity index (χ0) is 12.7. The fourth-order valence-corrected chi connectivity index (χ4v) is 2.29. The van der Waals surface area contributed by atoms with E-state index in [1.807, 2.05) is 0 Å². The van der Waals surface area contributed by atoms with Gasteiger partial charge in [-0.15, -0.1) is 0 Å². The monoisotopic (exact) mass is 263 g/mol. The van der Waals surface area contributed by atoms with Crippen LogP contribution in [0.2, 0.25) is 0 Å². The predicted octanol–water partition coefficient (Wildman–Crippen LogP) is -0.958. The van der Waals surface area contributed by atoms with E-state index in [2.05, 4.69) is 15.4 Å². The van der Waals surface area contributed by atoms with Crippen molar-refractivity contribution in [3.05, 3.63) is 0 Å². The molecule has 7 heteroatoms. The predicted molar refractivity (Wildman–Crippen MR) is 66.1 cm³/mol. The molecule has 1 aliphatic rings. The van der Waals surface area contributed by atoms with Crippen LogP contribution < -0.4 is 15.4 Å². The summed E-state index contributed by atoms with van der Waals surface area (Å²) < 4.78 is 23.9. The number of rotatable bonds is 6. The summed E-state index contributed by atoms with van der Waals surface area (Å²) in [6.07, 6.45) is 3.70. The maximum Gasteiger partial charge on any atom is 0.224 e. The molecule has 0 bridgehead atoms. The molecule has 1 heterocycles. The van der Waals surface area contributed by atoms with E-state index in [1.54, 1.807) is 0 Å². The van der Waals surface area contributed by atoms with Crippen LogP contribution in [0, 0.1) is 5.92 Å². The molecule has 0 aromatic heterocycles. The van der Waals surface area contributed by atoms with Crippen LogP contribution in [0.15, 0.2) is 0 Å². The first-order chi connectivity index (χ1) is 7.99. The summed E-state index contributed by atoms with van der Waals surface area (Å²) in [4.78, 5) is 11.7. The van der Waals surface area contributed by atoms with Crippen LogP contribution >= 0.6 is 0 Å². The average Bonchev–Trinajstić information content (AvgIpc) is 2.28. The number of sulfonamides is 1. The lowest BCUT2D eigenvalue weighted by molar-refractivity contribution is -0.125. The highest BCUT2D eigenvalue weighted by molar-refractivity contribution is 7.88. The summed E-state index contributed by atoms with van der Waals surface area (Å²) in [5.41, 5.74) is 0. The first-order valence-electron chi connectivity index (χ1n) is 5.92. The SMILES string of the molecule is CS(=O)(=O)NCCCNC(=O)[C@@H]1CCCNC1. The molecule has 100 valence electrons. The van der Waals surface area contributed by atoms with Gasteiger partial charge in [-0.2, -0.15) is 0 Å². The molecule has 1 fully saturated rings. The molecule has 1 amide bonds. The van der Waals surface area contributed by atoms with Crippen molar-refractivity contribution in [3.63, 3.8) is 0 Å². The van der Waals surface area contributed by atoms with Crippen LogP contribution in [0.4, 0.5) is 0 Å². The third-order valence-electron chi connectivity index (χ3n) is 2.68. The zero-order valence-electron chi connectivity index (χ0n) is 10.2. The molecule has 0 spiro atoms. The smallest absolute Gasteiger partial charge is 0.224 e. The molecular formula is C10H21N3O3S. The van der Waals surface area contributed by atoms with Gasteiger partial charge in [0.25, 0.3) is 0 Å². The Balaban J connectivity index is 2.07. The van der Waals surface area contributed by atoms with Gasteiger partial charge in [-0.05, 0) is 25.8 Å². The van der Waals surface area contributed by atoms with E-state index in [0.29, 0.717) is 19.5 Å². The number of amides is 1. The van der Waals surface area contributed by atoms with Crippen LogP contribution in [0.5, 0.6) is 0 Å². The molecule has 6 nitrogen and oxygen atoms in total. The lowest BCUT2D eigenvalue weighted by Gasteiger charge is -2.21. The third kappa shape index (κ3) is 6.60. The van der Waals surface area contributed by atoms with E-state index in [4.69, 9.17) is 0 Å². The van der Waals surface area contributed by atoms with E-state index in [0.717, 1.165) is 32.2 Å². The van der Waals surface area contributed by atoms with Gasteiger partial charge in [0.2, 0.25) is 15.9 Å². The number of hydrogen-bond donors (Lipinski definition) is 3. The molecule has 1 atom stereocenters. The lowest BCUT2D eigenvalue weighted by Crippen LogP contribution is -2.41. The van der Waals surface area contributed by atoms with Gasteiger partial charge in [0.1, 0.15) is 0 Å². The van der Waals surface area contributed by atoms with Gasteiger partial charge in [-0.3, -0.25) is 4.79 Å². The number of nitrogens with one attached hydrogen (secondary N) is 3. The molecule has 0 radical (unpaired) electrons. The molecule has 0 saturated carbocycles. The number of carbonyl (C=O) groups excluding carboxylic acids is 1. The summed E-state index contributed by atoms with van der Waals surface area (Å²) in [6, 6.07) is 0. The largest absolute Gasteiger partial charge is 0.356 e. The van der Waals surface area contributed by atoms with Gasteiger partial charge in [0, 0.05) is 19.6 Å². The maximum absolute atomic E-state index is 11.7. The number of piperidine rings is 1. The number of hydrogen-bond acceptors (Lipinski definition) is 4. The van der Waals surface area contributed by atoms with Crippen LogP contribution in [0.25, 0.3) is 0 Å². The van der Waals surface area contributed by atoms with Crippen molar-refractivity contribution in [2.24, 2.45) is 5.92 Å². The quantitative estimate of drug-likeness (QED) is 0.539. The minimum absolute atomic E-state index is 0.0617. The fraction of sp³-hybridized carbons (Fsp3) is 0.900. The van der Waals surface area contributed by atoms with Crippen LogP contribution in [0.1, 0.15) is 19.3 Å². The average molecular weight is 263 g/mol. The molecule has 1 aliphatic heterocycles. The Labute approximate surface area is 103 Å². The fourth-order valence-electron chi connectivity index (χ4n) is 1.78. The zero-order valence-corrected chi connectivity index (χ0v) is 11.0. The summed E-state index contributed by atoms with van der Waals surface area (Å²) in [6.45, 7) is 2.61. The summed E-state index contributed by atoms with van der Waals surface area (Å²) in [5.74, 6) is 0.128. The van der Waals surface area contributed by atoms with Gasteiger partial charge in [0.05, 0.1) is 12.2 Å². The van der Waals surface area contributed by atoms with Gasteiger partial charge in [0.15, 0.2) is 0 Å². The summed E-state index contributed by atoms with van der Waals surface area (Å²) in [7, 11) is -3.12. The second-order valence-corrected chi connectivity index (χ2v) is 6.19. The Morgan fingerprint density at radius 1 is 1.41 bits per heavy atom. The standard InChI is InChI=1S/C10H21N3O3S/c1-17(15,16)13-7-3-6-12-10(14)9-4-2-5-11-8-9/h9,11,13H,2-8H2,1H3,(H,12,14)/t9-/m1/s1. The van der Waals surface area contributed by atoms with Crippen molar-refractivity contribution < 1.29 is 13.2 Å². The highest BCUT2D eigenvalue weighted by atomic mass is 32.2. The van der Waals surface area contributed by atoms with Crippen molar-refractivity contribution in [2.75, 3.05) is 32.4 Å².